The highest BCUT2D eigenvalue weighted by molar-refractivity contribution is 7.93. The zero-order valence-corrected chi connectivity index (χ0v) is 19.5. The van der Waals surface area contributed by atoms with Gasteiger partial charge in [0, 0.05) is 6.42 Å². The molecule has 1 saturated carbocycles. The molecular formula is C23H24FN3O3S2. The summed E-state index contributed by atoms with van der Waals surface area (Å²) in [5.41, 5.74) is 2.20. The summed E-state index contributed by atoms with van der Waals surface area (Å²) in [6.45, 7) is 3.58. The van der Waals surface area contributed by atoms with E-state index >= 15 is 0 Å². The number of anilines is 1. The fourth-order valence-electron chi connectivity index (χ4n) is 4.18. The van der Waals surface area contributed by atoms with Crippen molar-refractivity contribution in [3.05, 3.63) is 70.0 Å². The van der Waals surface area contributed by atoms with Crippen LogP contribution in [0.4, 0.5) is 9.52 Å². The van der Waals surface area contributed by atoms with E-state index in [-0.39, 0.29) is 28.7 Å². The number of amides is 1. The van der Waals surface area contributed by atoms with Crippen molar-refractivity contribution in [1.82, 2.24) is 10.2 Å². The van der Waals surface area contributed by atoms with Crippen LogP contribution in [0.5, 0.6) is 0 Å². The molecule has 1 fully saturated rings. The molecule has 6 nitrogen and oxygen atoms in total. The van der Waals surface area contributed by atoms with Gasteiger partial charge in [0.1, 0.15) is 10.8 Å². The van der Waals surface area contributed by atoms with E-state index in [2.05, 4.69) is 15.5 Å². The predicted molar refractivity (Wildman–Crippen MR) is 122 cm³/mol. The average molecular weight is 474 g/mol. The summed E-state index contributed by atoms with van der Waals surface area (Å²) < 4.78 is 39.3. The molecule has 0 saturated heterocycles. The average Bonchev–Trinajstić information content (AvgIpc) is 3.40. The molecule has 32 heavy (non-hydrogen) atoms. The summed E-state index contributed by atoms with van der Waals surface area (Å²) >= 11 is 1.16. The summed E-state index contributed by atoms with van der Waals surface area (Å²) in [5.74, 6) is -0.898. The lowest BCUT2D eigenvalue weighted by Crippen LogP contribution is -2.47. The number of aryl methyl sites for hydroxylation is 2. The van der Waals surface area contributed by atoms with Crippen LogP contribution in [-0.2, 0) is 21.1 Å². The van der Waals surface area contributed by atoms with Gasteiger partial charge in [0.2, 0.25) is 11.0 Å². The summed E-state index contributed by atoms with van der Waals surface area (Å²) in [5, 5.41) is 11.6. The number of halogens is 1. The number of carbonyl (C=O) groups is 1. The topological polar surface area (TPSA) is 89.0 Å². The van der Waals surface area contributed by atoms with E-state index < -0.39 is 20.5 Å². The first-order valence-corrected chi connectivity index (χ1v) is 12.7. The molecule has 0 bridgehead atoms. The van der Waals surface area contributed by atoms with Crippen LogP contribution in [0.3, 0.4) is 0 Å². The number of carbonyl (C=O) groups excluding carboxylic acids is 1. The van der Waals surface area contributed by atoms with Crippen molar-refractivity contribution >= 4 is 32.2 Å². The number of benzene rings is 2. The van der Waals surface area contributed by atoms with Gasteiger partial charge in [-0.05, 0) is 61.6 Å². The molecule has 0 radical (unpaired) electrons. The van der Waals surface area contributed by atoms with Crippen LogP contribution >= 0.6 is 11.3 Å². The molecule has 3 aromatic rings. The lowest BCUT2D eigenvalue weighted by Gasteiger charge is -2.28. The van der Waals surface area contributed by atoms with Gasteiger partial charge in [-0.3, -0.25) is 10.1 Å². The Kier molecular flexibility index (Phi) is 6.13. The van der Waals surface area contributed by atoms with E-state index in [4.69, 9.17) is 0 Å². The van der Waals surface area contributed by atoms with Gasteiger partial charge in [-0.1, -0.05) is 48.4 Å². The van der Waals surface area contributed by atoms with Crippen molar-refractivity contribution in [3.63, 3.8) is 0 Å². The summed E-state index contributed by atoms with van der Waals surface area (Å²) in [6, 6.07) is 11.5. The molecule has 1 aliphatic rings. The standard InChI is InChI=1S/C23H24FN3O3S2/c1-15-8-9-16(2)19(12-15)32(29,30)23(10-3-4-11-23)21(28)25-22-27-26-20(31-22)14-17-6-5-7-18(24)13-17/h5-9,12-13H,3-4,10-11,14H2,1-2H3,(H,25,27,28). The van der Waals surface area contributed by atoms with Gasteiger partial charge >= 0.3 is 0 Å². The molecule has 168 valence electrons. The first kappa shape index (κ1) is 22.5. The molecule has 1 heterocycles. The first-order chi connectivity index (χ1) is 15.2. The van der Waals surface area contributed by atoms with Gasteiger partial charge in [-0.15, -0.1) is 10.2 Å². The quantitative estimate of drug-likeness (QED) is 0.565. The SMILES string of the molecule is Cc1ccc(C)c(S(=O)(=O)C2(C(=O)Nc3nnc(Cc4cccc(F)c4)s3)CCCC2)c1. The molecule has 4 rings (SSSR count). The van der Waals surface area contributed by atoms with Crippen LogP contribution in [0, 0.1) is 19.7 Å². The van der Waals surface area contributed by atoms with Gasteiger partial charge in [0.15, 0.2) is 14.6 Å². The number of rotatable bonds is 6. The number of nitrogens with one attached hydrogen (secondary N) is 1. The van der Waals surface area contributed by atoms with Crippen LogP contribution in [0.25, 0.3) is 0 Å². The Labute approximate surface area is 190 Å². The van der Waals surface area contributed by atoms with Crippen LogP contribution in [0.15, 0.2) is 47.4 Å². The molecule has 1 amide bonds. The molecule has 1 N–H and O–H groups in total. The highest BCUT2D eigenvalue weighted by Crippen LogP contribution is 2.42. The van der Waals surface area contributed by atoms with Gasteiger partial charge in [-0.25, -0.2) is 12.8 Å². The Bertz CT molecular complexity index is 1260. The third-order valence-electron chi connectivity index (χ3n) is 5.90. The van der Waals surface area contributed by atoms with E-state index in [9.17, 15) is 17.6 Å². The molecule has 9 heteroatoms. The van der Waals surface area contributed by atoms with Crippen LogP contribution in [0.2, 0.25) is 0 Å². The second-order valence-electron chi connectivity index (χ2n) is 8.24. The maximum absolute atomic E-state index is 13.7. The maximum Gasteiger partial charge on any atom is 0.248 e. The number of hydrogen-bond acceptors (Lipinski definition) is 6. The highest BCUT2D eigenvalue weighted by atomic mass is 32.2. The van der Waals surface area contributed by atoms with Crippen molar-refractivity contribution in [1.29, 1.82) is 0 Å². The number of aromatic nitrogens is 2. The lowest BCUT2D eigenvalue weighted by molar-refractivity contribution is -0.118. The summed E-state index contributed by atoms with van der Waals surface area (Å²) in [6.07, 6.45) is 2.24. The largest absolute Gasteiger partial charge is 0.299 e. The molecule has 2 aromatic carbocycles. The van der Waals surface area contributed by atoms with E-state index in [0.717, 1.165) is 22.5 Å². The highest BCUT2D eigenvalue weighted by Gasteiger charge is 2.53. The van der Waals surface area contributed by atoms with Crippen molar-refractivity contribution in [2.24, 2.45) is 0 Å². The lowest BCUT2D eigenvalue weighted by atomic mass is 10.1. The van der Waals surface area contributed by atoms with Crippen molar-refractivity contribution in [2.45, 2.75) is 55.6 Å². The predicted octanol–water partition coefficient (Wildman–Crippen LogP) is 4.61. The summed E-state index contributed by atoms with van der Waals surface area (Å²) in [4.78, 5) is 13.6. The molecule has 0 atom stereocenters. The Balaban J connectivity index is 1.59. The number of sulfone groups is 1. The Morgan fingerprint density at radius 2 is 1.88 bits per heavy atom. The Hall–Kier alpha value is -2.65. The van der Waals surface area contributed by atoms with Gasteiger partial charge in [0.25, 0.3) is 0 Å². The van der Waals surface area contributed by atoms with Crippen molar-refractivity contribution in [2.75, 3.05) is 5.32 Å². The zero-order valence-electron chi connectivity index (χ0n) is 17.9. The second-order valence-corrected chi connectivity index (χ2v) is 11.5. The maximum atomic E-state index is 13.7. The van der Waals surface area contributed by atoms with E-state index in [1.807, 2.05) is 13.0 Å². The minimum Gasteiger partial charge on any atom is -0.299 e. The molecule has 1 aliphatic carbocycles. The second kappa shape index (κ2) is 8.71. The summed E-state index contributed by atoms with van der Waals surface area (Å²) in [7, 11) is -3.92. The third-order valence-corrected chi connectivity index (χ3v) is 9.38. The van der Waals surface area contributed by atoms with E-state index in [0.29, 0.717) is 29.8 Å². The van der Waals surface area contributed by atoms with E-state index in [1.54, 1.807) is 31.2 Å². The first-order valence-electron chi connectivity index (χ1n) is 10.4. The normalized spacial score (nSPS) is 15.6. The molecule has 0 unspecified atom stereocenters. The van der Waals surface area contributed by atoms with Crippen LogP contribution in [0.1, 0.15) is 47.4 Å². The minimum atomic E-state index is -3.92. The van der Waals surface area contributed by atoms with Gasteiger partial charge in [-0.2, -0.15) is 0 Å². The molecule has 1 aromatic heterocycles. The molecule has 0 spiro atoms. The van der Waals surface area contributed by atoms with Crippen LogP contribution in [-0.4, -0.2) is 29.3 Å². The van der Waals surface area contributed by atoms with Crippen molar-refractivity contribution < 1.29 is 17.6 Å². The van der Waals surface area contributed by atoms with Gasteiger partial charge < -0.3 is 0 Å². The fourth-order valence-corrected chi connectivity index (χ4v) is 7.32. The monoisotopic (exact) mass is 473 g/mol. The zero-order chi connectivity index (χ0) is 22.9. The third kappa shape index (κ3) is 4.19. The fraction of sp³-hybridized carbons (Fsp3) is 0.348. The van der Waals surface area contributed by atoms with Crippen molar-refractivity contribution in [3.8, 4) is 0 Å². The minimum absolute atomic E-state index is 0.207. The smallest absolute Gasteiger partial charge is 0.248 e. The number of hydrogen-bond donors (Lipinski definition) is 1. The number of nitrogens with zero attached hydrogens (tertiary/aromatic N) is 2. The van der Waals surface area contributed by atoms with Crippen LogP contribution < -0.4 is 5.32 Å². The Morgan fingerprint density at radius 1 is 1.12 bits per heavy atom. The Morgan fingerprint density at radius 3 is 2.59 bits per heavy atom. The van der Waals surface area contributed by atoms with Gasteiger partial charge in [0.05, 0.1) is 4.90 Å². The molecule has 0 aliphatic heterocycles. The molecular weight excluding hydrogens is 449 g/mol. The van der Waals surface area contributed by atoms with E-state index in [1.165, 1.54) is 12.1 Å².